The molecule has 0 amide bonds. The van der Waals surface area contributed by atoms with Gasteiger partial charge >= 0.3 is 5.97 Å². The molecule has 2 aromatic carbocycles. The van der Waals surface area contributed by atoms with Crippen LogP contribution in [-0.2, 0) is 11.2 Å². The molecule has 0 spiro atoms. The zero-order chi connectivity index (χ0) is 18.5. The number of unbranched alkanes of at least 4 members (excludes halogenated alkanes) is 1. The minimum atomic E-state index is -0.868. The molecule has 1 aromatic heterocycles. The van der Waals surface area contributed by atoms with E-state index in [0.29, 0.717) is 6.61 Å². The molecule has 0 unspecified atom stereocenters. The Morgan fingerprint density at radius 2 is 2.00 bits per heavy atom. The lowest BCUT2D eigenvalue weighted by atomic mass is 10.0. The van der Waals surface area contributed by atoms with Crippen LogP contribution in [0.25, 0.3) is 22.2 Å². The molecule has 5 nitrogen and oxygen atoms in total. The second-order valence-corrected chi connectivity index (χ2v) is 6.19. The number of rotatable bonds is 8. The fourth-order valence-corrected chi connectivity index (χ4v) is 3.01. The fourth-order valence-electron chi connectivity index (χ4n) is 3.01. The topological polar surface area (TPSA) is 71.5 Å². The van der Waals surface area contributed by atoms with Crippen LogP contribution in [0.1, 0.15) is 25.3 Å². The molecular formula is C21H23NO4. The average Bonchev–Trinajstić information content (AvgIpc) is 2.99. The van der Waals surface area contributed by atoms with E-state index in [-0.39, 0.29) is 6.42 Å². The minimum Gasteiger partial charge on any atom is -0.497 e. The van der Waals surface area contributed by atoms with Crippen molar-refractivity contribution in [2.45, 2.75) is 26.2 Å². The Morgan fingerprint density at radius 1 is 1.15 bits per heavy atom. The summed E-state index contributed by atoms with van der Waals surface area (Å²) in [7, 11) is 1.61. The first-order chi connectivity index (χ1) is 12.6. The number of aromatic nitrogens is 1. The third-order valence-corrected chi connectivity index (χ3v) is 4.33. The Labute approximate surface area is 152 Å². The third-order valence-electron chi connectivity index (χ3n) is 4.33. The first kappa shape index (κ1) is 17.9. The molecular weight excluding hydrogens is 330 g/mol. The maximum atomic E-state index is 11.4. The summed E-state index contributed by atoms with van der Waals surface area (Å²) in [4.78, 5) is 14.8. The molecule has 0 atom stereocenters. The van der Waals surface area contributed by atoms with Crippen molar-refractivity contribution in [2.75, 3.05) is 13.7 Å². The highest BCUT2D eigenvalue weighted by molar-refractivity contribution is 5.94. The normalized spacial score (nSPS) is 10.8. The summed E-state index contributed by atoms with van der Waals surface area (Å²) in [6.07, 6.45) is 1.99. The first-order valence-electron chi connectivity index (χ1n) is 8.76. The van der Waals surface area contributed by atoms with Crippen LogP contribution in [0.2, 0.25) is 0 Å². The van der Waals surface area contributed by atoms with Gasteiger partial charge in [0.1, 0.15) is 11.5 Å². The Morgan fingerprint density at radius 3 is 2.73 bits per heavy atom. The zero-order valence-corrected chi connectivity index (χ0v) is 15.0. The van der Waals surface area contributed by atoms with Crippen LogP contribution in [0.5, 0.6) is 11.5 Å². The van der Waals surface area contributed by atoms with E-state index in [1.54, 1.807) is 7.11 Å². The average molecular weight is 353 g/mol. The molecule has 26 heavy (non-hydrogen) atoms. The number of fused-ring (bicyclic) bond motifs is 1. The molecule has 5 heteroatoms. The molecule has 0 radical (unpaired) electrons. The predicted octanol–water partition coefficient (Wildman–Crippen LogP) is 4.65. The van der Waals surface area contributed by atoms with E-state index in [1.165, 1.54) is 0 Å². The molecule has 0 fully saturated rings. The van der Waals surface area contributed by atoms with Gasteiger partial charge in [-0.05, 0) is 42.3 Å². The molecule has 0 saturated carbocycles. The molecule has 0 aliphatic rings. The number of aliphatic carboxylic acids is 1. The lowest BCUT2D eigenvalue weighted by Gasteiger charge is -2.07. The van der Waals surface area contributed by atoms with Crippen molar-refractivity contribution in [3.8, 4) is 22.8 Å². The largest absolute Gasteiger partial charge is 0.497 e. The van der Waals surface area contributed by atoms with E-state index < -0.39 is 5.97 Å². The van der Waals surface area contributed by atoms with Crippen LogP contribution in [0.15, 0.2) is 42.5 Å². The van der Waals surface area contributed by atoms with Crippen LogP contribution in [0.3, 0.4) is 0 Å². The van der Waals surface area contributed by atoms with Crippen molar-refractivity contribution in [1.29, 1.82) is 0 Å². The van der Waals surface area contributed by atoms with E-state index in [0.717, 1.165) is 52.1 Å². The molecule has 0 saturated heterocycles. The highest BCUT2D eigenvalue weighted by Gasteiger charge is 2.17. The van der Waals surface area contributed by atoms with E-state index >= 15 is 0 Å². The second-order valence-electron chi connectivity index (χ2n) is 6.19. The Kier molecular flexibility index (Phi) is 5.46. The van der Waals surface area contributed by atoms with E-state index in [2.05, 4.69) is 11.9 Å². The third kappa shape index (κ3) is 3.82. The van der Waals surface area contributed by atoms with Crippen LogP contribution in [0.4, 0.5) is 0 Å². The van der Waals surface area contributed by atoms with Gasteiger partial charge in [-0.25, -0.2) is 0 Å². The number of carboxylic acids is 1. The lowest BCUT2D eigenvalue weighted by molar-refractivity contribution is -0.136. The van der Waals surface area contributed by atoms with Gasteiger partial charge in [-0.1, -0.05) is 25.5 Å². The Bertz CT molecular complexity index is 914. The van der Waals surface area contributed by atoms with Crippen LogP contribution in [0, 0.1) is 0 Å². The van der Waals surface area contributed by atoms with Crippen LogP contribution < -0.4 is 9.47 Å². The Balaban J connectivity index is 2.08. The van der Waals surface area contributed by atoms with Crippen molar-refractivity contribution >= 4 is 16.9 Å². The summed E-state index contributed by atoms with van der Waals surface area (Å²) >= 11 is 0. The van der Waals surface area contributed by atoms with Crippen molar-refractivity contribution < 1.29 is 19.4 Å². The molecule has 1 heterocycles. The summed E-state index contributed by atoms with van der Waals surface area (Å²) in [5.74, 6) is 0.618. The summed E-state index contributed by atoms with van der Waals surface area (Å²) in [6.45, 7) is 2.77. The number of hydrogen-bond donors (Lipinski definition) is 2. The number of nitrogens with one attached hydrogen (secondary N) is 1. The second kappa shape index (κ2) is 7.95. The smallest absolute Gasteiger partial charge is 0.307 e. The van der Waals surface area contributed by atoms with E-state index in [1.807, 2.05) is 42.5 Å². The number of hydrogen-bond acceptors (Lipinski definition) is 3. The zero-order valence-electron chi connectivity index (χ0n) is 15.0. The number of methoxy groups -OCH3 is 1. The van der Waals surface area contributed by atoms with Crippen LogP contribution >= 0.6 is 0 Å². The molecule has 3 aromatic rings. The van der Waals surface area contributed by atoms with E-state index in [9.17, 15) is 9.90 Å². The van der Waals surface area contributed by atoms with Gasteiger partial charge in [-0.3, -0.25) is 4.79 Å². The Hall–Kier alpha value is -2.95. The van der Waals surface area contributed by atoms with Gasteiger partial charge in [0.05, 0.1) is 25.8 Å². The number of aromatic amines is 1. The minimum absolute atomic E-state index is 0.0645. The number of carbonyl (C=O) groups is 1. The summed E-state index contributed by atoms with van der Waals surface area (Å²) in [5, 5.41) is 10.3. The van der Waals surface area contributed by atoms with Gasteiger partial charge in [0.15, 0.2) is 0 Å². The monoisotopic (exact) mass is 353 g/mol. The van der Waals surface area contributed by atoms with Crippen molar-refractivity contribution in [3.63, 3.8) is 0 Å². The molecule has 0 aliphatic heterocycles. The van der Waals surface area contributed by atoms with Gasteiger partial charge in [-0.15, -0.1) is 0 Å². The molecule has 0 bridgehead atoms. The van der Waals surface area contributed by atoms with Gasteiger partial charge in [0.2, 0.25) is 0 Å². The van der Waals surface area contributed by atoms with Crippen LogP contribution in [-0.4, -0.2) is 29.8 Å². The summed E-state index contributed by atoms with van der Waals surface area (Å²) in [6, 6.07) is 13.4. The standard InChI is InChI=1S/C21H23NO4/c1-3-4-10-26-16-8-9-19-17(12-16)18(13-20(23)24)21(22-19)14-6-5-7-15(11-14)25-2/h5-9,11-12,22H,3-4,10,13H2,1-2H3,(H,23,24). The lowest BCUT2D eigenvalue weighted by Crippen LogP contribution is -2.01. The van der Waals surface area contributed by atoms with Gasteiger partial charge in [0, 0.05) is 16.5 Å². The van der Waals surface area contributed by atoms with Crippen molar-refractivity contribution in [1.82, 2.24) is 4.98 Å². The highest BCUT2D eigenvalue weighted by atomic mass is 16.5. The number of H-pyrrole nitrogens is 1. The predicted molar refractivity (Wildman–Crippen MR) is 102 cm³/mol. The fraction of sp³-hybridized carbons (Fsp3) is 0.286. The maximum absolute atomic E-state index is 11.4. The first-order valence-corrected chi connectivity index (χ1v) is 8.76. The maximum Gasteiger partial charge on any atom is 0.307 e. The number of ether oxygens (including phenoxy) is 2. The van der Waals surface area contributed by atoms with E-state index in [4.69, 9.17) is 9.47 Å². The van der Waals surface area contributed by atoms with Gasteiger partial charge in [-0.2, -0.15) is 0 Å². The number of benzene rings is 2. The SMILES string of the molecule is CCCCOc1ccc2[nH]c(-c3cccc(OC)c3)c(CC(=O)O)c2c1. The highest BCUT2D eigenvalue weighted by Crippen LogP contribution is 2.34. The molecule has 3 rings (SSSR count). The van der Waals surface area contributed by atoms with Gasteiger partial charge < -0.3 is 19.6 Å². The summed E-state index contributed by atoms with van der Waals surface area (Å²) < 4.78 is 11.1. The molecule has 2 N–H and O–H groups in total. The quantitative estimate of drug-likeness (QED) is 0.578. The van der Waals surface area contributed by atoms with Crippen molar-refractivity contribution in [2.24, 2.45) is 0 Å². The van der Waals surface area contributed by atoms with Gasteiger partial charge in [0.25, 0.3) is 0 Å². The number of carboxylic acid groups (broad SMARTS) is 1. The molecule has 136 valence electrons. The van der Waals surface area contributed by atoms with Crippen molar-refractivity contribution in [3.05, 3.63) is 48.0 Å². The summed E-state index contributed by atoms with van der Waals surface area (Å²) in [5.41, 5.74) is 3.33. The molecule has 0 aliphatic carbocycles.